The lowest BCUT2D eigenvalue weighted by Gasteiger charge is -2.10. The zero-order valence-electron chi connectivity index (χ0n) is 14.5. The van der Waals surface area contributed by atoms with Crippen molar-refractivity contribution in [2.45, 2.75) is 20.8 Å². The third-order valence-electron chi connectivity index (χ3n) is 3.84. The van der Waals surface area contributed by atoms with Gasteiger partial charge in [0.1, 0.15) is 5.69 Å². The lowest BCUT2D eigenvalue weighted by molar-refractivity contribution is 0.102. The maximum Gasteiger partial charge on any atom is 0.274 e. The number of hydrogen-bond acceptors (Lipinski definition) is 4. The number of anilines is 3. The summed E-state index contributed by atoms with van der Waals surface area (Å²) in [7, 11) is 0. The zero-order valence-corrected chi connectivity index (χ0v) is 14.5. The van der Waals surface area contributed by atoms with E-state index in [-0.39, 0.29) is 5.91 Å². The fourth-order valence-corrected chi connectivity index (χ4v) is 2.37. The maximum absolute atomic E-state index is 12.4. The van der Waals surface area contributed by atoms with Gasteiger partial charge in [-0.15, -0.1) is 0 Å². The molecule has 0 atom stereocenters. The van der Waals surface area contributed by atoms with Crippen LogP contribution in [0.2, 0.25) is 0 Å². The van der Waals surface area contributed by atoms with Gasteiger partial charge in [-0.3, -0.25) is 4.79 Å². The van der Waals surface area contributed by atoms with E-state index in [1.54, 1.807) is 12.3 Å². The molecule has 0 saturated heterocycles. The lowest BCUT2D eigenvalue weighted by atomic mass is 10.1. The number of amides is 1. The van der Waals surface area contributed by atoms with Crippen LogP contribution in [0.25, 0.3) is 0 Å². The standard InChI is InChI=1S/C20H20N4O/c1-13-5-8-16(9-6-13)22-19(25)17-10-11-21-20(23-17)24-18-12-14(2)4-7-15(18)3/h4-12H,1-3H3,(H,22,25)(H,21,23,24). The van der Waals surface area contributed by atoms with Crippen LogP contribution in [0.1, 0.15) is 27.2 Å². The van der Waals surface area contributed by atoms with Gasteiger partial charge in [0.25, 0.3) is 5.91 Å². The molecular weight excluding hydrogens is 312 g/mol. The van der Waals surface area contributed by atoms with Crippen LogP contribution in [0, 0.1) is 20.8 Å². The largest absolute Gasteiger partial charge is 0.324 e. The van der Waals surface area contributed by atoms with Crippen LogP contribution >= 0.6 is 0 Å². The third kappa shape index (κ3) is 4.20. The number of nitrogens with one attached hydrogen (secondary N) is 2. The van der Waals surface area contributed by atoms with E-state index in [0.717, 1.165) is 28.1 Å². The molecule has 0 aliphatic rings. The Kier molecular flexibility index (Phi) is 4.75. The van der Waals surface area contributed by atoms with Crippen molar-refractivity contribution in [1.29, 1.82) is 0 Å². The summed E-state index contributed by atoms with van der Waals surface area (Å²) in [5.74, 6) is 0.125. The minimum absolute atomic E-state index is 0.268. The van der Waals surface area contributed by atoms with Crippen LogP contribution < -0.4 is 10.6 Å². The van der Waals surface area contributed by atoms with Crippen molar-refractivity contribution in [1.82, 2.24) is 9.97 Å². The predicted octanol–water partition coefficient (Wildman–Crippen LogP) is 4.40. The molecule has 0 bridgehead atoms. The Hall–Kier alpha value is -3.21. The van der Waals surface area contributed by atoms with Gasteiger partial charge in [0, 0.05) is 17.6 Å². The Morgan fingerprint density at radius 1 is 0.920 bits per heavy atom. The molecule has 0 unspecified atom stereocenters. The Balaban J connectivity index is 1.77. The number of aryl methyl sites for hydroxylation is 3. The SMILES string of the molecule is Cc1ccc(NC(=O)c2ccnc(Nc3cc(C)ccc3C)n2)cc1. The van der Waals surface area contributed by atoms with Gasteiger partial charge >= 0.3 is 0 Å². The molecule has 2 N–H and O–H groups in total. The molecule has 1 heterocycles. The lowest BCUT2D eigenvalue weighted by Crippen LogP contribution is -2.14. The van der Waals surface area contributed by atoms with Gasteiger partial charge in [-0.2, -0.15) is 0 Å². The highest BCUT2D eigenvalue weighted by molar-refractivity contribution is 6.03. The van der Waals surface area contributed by atoms with E-state index < -0.39 is 0 Å². The Labute approximate surface area is 147 Å². The predicted molar refractivity (Wildman–Crippen MR) is 100 cm³/mol. The van der Waals surface area contributed by atoms with Gasteiger partial charge in [0.2, 0.25) is 5.95 Å². The molecule has 0 saturated carbocycles. The fraction of sp³-hybridized carbons (Fsp3) is 0.150. The fourth-order valence-electron chi connectivity index (χ4n) is 2.37. The number of aromatic nitrogens is 2. The summed E-state index contributed by atoms with van der Waals surface area (Å²) in [4.78, 5) is 20.9. The number of hydrogen-bond donors (Lipinski definition) is 2. The topological polar surface area (TPSA) is 66.9 Å². The second kappa shape index (κ2) is 7.13. The molecule has 0 fully saturated rings. The second-order valence-electron chi connectivity index (χ2n) is 6.03. The van der Waals surface area contributed by atoms with Crippen molar-refractivity contribution in [3.63, 3.8) is 0 Å². The molecule has 3 aromatic rings. The van der Waals surface area contributed by atoms with Crippen molar-refractivity contribution >= 4 is 23.2 Å². The average molecular weight is 332 g/mol. The first-order valence-electron chi connectivity index (χ1n) is 8.06. The Morgan fingerprint density at radius 3 is 2.40 bits per heavy atom. The molecule has 1 aromatic heterocycles. The van der Waals surface area contributed by atoms with Crippen molar-refractivity contribution in [2.24, 2.45) is 0 Å². The van der Waals surface area contributed by atoms with Crippen molar-refractivity contribution in [2.75, 3.05) is 10.6 Å². The molecule has 0 spiro atoms. The van der Waals surface area contributed by atoms with Crippen LogP contribution in [-0.4, -0.2) is 15.9 Å². The van der Waals surface area contributed by atoms with E-state index in [9.17, 15) is 4.79 Å². The molecule has 126 valence electrons. The summed E-state index contributed by atoms with van der Waals surface area (Å²) in [6.07, 6.45) is 1.57. The number of carbonyl (C=O) groups is 1. The van der Waals surface area contributed by atoms with E-state index in [2.05, 4.69) is 20.6 Å². The number of rotatable bonds is 4. The van der Waals surface area contributed by atoms with E-state index in [1.807, 2.05) is 63.2 Å². The molecule has 5 heteroatoms. The van der Waals surface area contributed by atoms with Crippen LogP contribution in [0.4, 0.5) is 17.3 Å². The van der Waals surface area contributed by atoms with Crippen LogP contribution in [0.3, 0.4) is 0 Å². The smallest absolute Gasteiger partial charge is 0.274 e. The minimum atomic E-state index is -0.268. The first kappa shape index (κ1) is 16.6. The quantitative estimate of drug-likeness (QED) is 0.743. The number of nitrogens with zero attached hydrogens (tertiary/aromatic N) is 2. The normalized spacial score (nSPS) is 10.4. The number of carbonyl (C=O) groups excluding carboxylic acids is 1. The summed E-state index contributed by atoms with van der Waals surface area (Å²) in [5.41, 5.74) is 5.34. The first-order valence-corrected chi connectivity index (χ1v) is 8.06. The van der Waals surface area contributed by atoms with Crippen LogP contribution in [0.5, 0.6) is 0 Å². The Bertz CT molecular complexity index is 904. The highest BCUT2D eigenvalue weighted by Gasteiger charge is 2.10. The van der Waals surface area contributed by atoms with Crippen molar-refractivity contribution in [3.05, 3.63) is 77.1 Å². The maximum atomic E-state index is 12.4. The van der Waals surface area contributed by atoms with Gasteiger partial charge in [-0.05, 0) is 56.2 Å². The van der Waals surface area contributed by atoms with Gasteiger partial charge in [-0.1, -0.05) is 29.8 Å². The summed E-state index contributed by atoms with van der Waals surface area (Å²) in [5, 5.41) is 6.02. The number of benzene rings is 2. The highest BCUT2D eigenvalue weighted by Crippen LogP contribution is 2.20. The van der Waals surface area contributed by atoms with E-state index >= 15 is 0 Å². The van der Waals surface area contributed by atoms with Gasteiger partial charge in [0.15, 0.2) is 0 Å². The summed E-state index contributed by atoms with van der Waals surface area (Å²) >= 11 is 0. The molecule has 0 radical (unpaired) electrons. The van der Waals surface area contributed by atoms with Crippen molar-refractivity contribution < 1.29 is 4.79 Å². The summed E-state index contributed by atoms with van der Waals surface area (Å²) in [6, 6.07) is 15.3. The second-order valence-corrected chi connectivity index (χ2v) is 6.03. The van der Waals surface area contributed by atoms with E-state index in [0.29, 0.717) is 11.6 Å². The molecule has 0 aliphatic heterocycles. The van der Waals surface area contributed by atoms with Crippen molar-refractivity contribution in [3.8, 4) is 0 Å². The van der Waals surface area contributed by atoms with Gasteiger partial charge < -0.3 is 10.6 Å². The van der Waals surface area contributed by atoms with E-state index in [1.165, 1.54) is 0 Å². The van der Waals surface area contributed by atoms with Gasteiger partial charge in [-0.25, -0.2) is 9.97 Å². The minimum Gasteiger partial charge on any atom is -0.324 e. The molecule has 5 nitrogen and oxygen atoms in total. The molecule has 3 rings (SSSR count). The third-order valence-corrected chi connectivity index (χ3v) is 3.84. The van der Waals surface area contributed by atoms with E-state index in [4.69, 9.17) is 0 Å². The first-order chi connectivity index (χ1) is 12.0. The van der Waals surface area contributed by atoms with Gasteiger partial charge in [0.05, 0.1) is 0 Å². The monoisotopic (exact) mass is 332 g/mol. The molecule has 1 amide bonds. The Morgan fingerprint density at radius 2 is 1.64 bits per heavy atom. The summed E-state index contributed by atoms with van der Waals surface area (Å²) in [6.45, 7) is 6.04. The highest BCUT2D eigenvalue weighted by atomic mass is 16.1. The molecule has 0 aliphatic carbocycles. The molecular formula is C20H20N4O. The van der Waals surface area contributed by atoms with Crippen LogP contribution in [0.15, 0.2) is 54.7 Å². The molecule has 25 heavy (non-hydrogen) atoms. The average Bonchev–Trinajstić information content (AvgIpc) is 2.60. The van der Waals surface area contributed by atoms with Crippen LogP contribution in [-0.2, 0) is 0 Å². The molecule has 2 aromatic carbocycles. The zero-order chi connectivity index (χ0) is 17.8. The summed E-state index contributed by atoms with van der Waals surface area (Å²) < 4.78 is 0.